The molecule has 1 aliphatic heterocycles. The van der Waals surface area contributed by atoms with Gasteiger partial charge in [-0.3, -0.25) is 4.79 Å². The van der Waals surface area contributed by atoms with Crippen LogP contribution in [0.4, 0.5) is 0 Å². The Morgan fingerprint density at radius 3 is 2.88 bits per heavy atom. The van der Waals surface area contributed by atoms with E-state index >= 15 is 0 Å². The van der Waals surface area contributed by atoms with Crippen molar-refractivity contribution in [3.8, 4) is 6.07 Å². The van der Waals surface area contributed by atoms with Crippen molar-refractivity contribution in [2.24, 2.45) is 0 Å². The molecule has 0 bridgehead atoms. The Bertz CT molecular complexity index is 808. The zero-order valence-electron chi connectivity index (χ0n) is 13.2. The second-order valence-corrected chi connectivity index (χ2v) is 7.72. The summed E-state index contributed by atoms with van der Waals surface area (Å²) < 4.78 is 0. The van der Waals surface area contributed by atoms with E-state index in [1.165, 1.54) is 0 Å². The molecule has 3 rings (SSSR count). The van der Waals surface area contributed by atoms with Gasteiger partial charge >= 0.3 is 0 Å². The molecule has 0 spiro atoms. The first-order chi connectivity index (χ1) is 11.6. The maximum absolute atomic E-state index is 12.6. The largest absolute Gasteiger partial charge is 0.352 e. The minimum absolute atomic E-state index is 0.0816. The Balaban J connectivity index is 2.24. The van der Waals surface area contributed by atoms with Crippen molar-refractivity contribution in [1.29, 1.82) is 5.26 Å². The van der Waals surface area contributed by atoms with Crippen LogP contribution in [0.2, 0.25) is 10.0 Å². The number of nitrogens with zero attached hydrogens (tertiary/aromatic N) is 1. The molecule has 0 aromatic heterocycles. The van der Waals surface area contributed by atoms with E-state index in [-0.39, 0.29) is 5.78 Å². The molecule has 3 nitrogen and oxygen atoms in total. The van der Waals surface area contributed by atoms with Gasteiger partial charge in [0.2, 0.25) is 0 Å². The highest BCUT2D eigenvalue weighted by Gasteiger charge is 2.37. The van der Waals surface area contributed by atoms with Gasteiger partial charge in [0.25, 0.3) is 0 Å². The van der Waals surface area contributed by atoms with Crippen molar-refractivity contribution < 1.29 is 4.79 Å². The van der Waals surface area contributed by atoms with Crippen LogP contribution in [0.15, 0.2) is 40.1 Å². The fraction of sp³-hybridized carbons (Fsp3) is 0.333. The Kier molecular flexibility index (Phi) is 5.24. The summed E-state index contributed by atoms with van der Waals surface area (Å²) in [4.78, 5) is 12.6. The number of halogens is 2. The van der Waals surface area contributed by atoms with Gasteiger partial charge in [0, 0.05) is 17.7 Å². The molecule has 1 aromatic carbocycles. The molecule has 0 fully saturated rings. The summed E-state index contributed by atoms with van der Waals surface area (Å²) in [7, 11) is 0. The average Bonchev–Trinajstić information content (AvgIpc) is 2.57. The predicted octanol–water partition coefficient (Wildman–Crippen LogP) is 5.18. The van der Waals surface area contributed by atoms with Gasteiger partial charge in [0.15, 0.2) is 5.78 Å². The van der Waals surface area contributed by atoms with E-state index < -0.39 is 5.92 Å². The lowest BCUT2D eigenvalue weighted by Gasteiger charge is -2.33. The van der Waals surface area contributed by atoms with Crippen LogP contribution in [0.25, 0.3) is 0 Å². The van der Waals surface area contributed by atoms with Crippen molar-refractivity contribution in [2.75, 3.05) is 5.75 Å². The van der Waals surface area contributed by atoms with Crippen LogP contribution in [0.1, 0.15) is 37.7 Å². The lowest BCUT2D eigenvalue weighted by molar-refractivity contribution is -0.116. The number of dihydropyridines is 1. The summed E-state index contributed by atoms with van der Waals surface area (Å²) in [6, 6.07) is 7.66. The van der Waals surface area contributed by atoms with Gasteiger partial charge in [-0.05, 0) is 30.2 Å². The second kappa shape index (κ2) is 7.23. The van der Waals surface area contributed by atoms with Gasteiger partial charge in [-0.25, -0.2) is 0 Å². The van der Waals surface area contributed by atoms with E-state index in [2.05, 4.69) is 11.4 Å². The molecule has 1 atom stereocenters. The fourth-order valence-corrected chi connectivity index (χ4v) is 4.46. The molecular weight excluding hydrogens is 363 g/mol. The van der Waals surface area contributed by atoms with Crippen LogP contribution in [0, 0.1) is 11.3 Å². The predicted molar refractivity (Wildman–Crippen MR) is 99.0 cm³/mol. The van der Waals surface area contributed by atoms with Crippen LogP contribution >= 0.6 is 35.0 Å². The molecule has 1 aromatic rings. The number of thioether (sulfide) groups is 1. The van der Waals surface area contributed by atoms with Gasteiger partial charge in [-0.1, -0.05) is 42.3 Å². The molecule has 0 amide bonds. The lowest BCUT2D eigenvalue weighted by atomic mass is 9.77. The van der Waals surface area contributed by atoms with Crippen LogP contribution in [-0.2, 0) is 4.79 Å². The van der Waals surface area contributed by atoms with Crippen LogP contribution in [0.5, 0.6) is 0 Å². The molecule has 0 unspecified atom stereocenters. The van der Waals surface area contributed by atoms with E-state index in [0.29, 0.717) is 27.6 Å². The number of Topliss-reactive ketones (excluding diaryl/α,β-unsaturated/α-hetero) is 1. The highest BCUT2D eigenvalue weighted by molar-refractivity contribution is 8.03. The van der Waals surface area contributed by atoms with E-state index in [1.807, 2.05) is 13.0 Å². The third kappa shape index (κ3) is 2.97. The summed E-state index contributed by atoms with van der Waals surface area (Å²) in [5, 5.41) is 14.8. The number of allylic oxidation sites excluding steroid dienone is 3. The van der Waals surface area contributed by atoms with Gasteiger partial charge < -0.3 is 5.32 Å². The number of carbonyl (C=O) groups is 1. The monoisotopic (exact) mass is 378 g/mol. The molecule has 1 heterocycles. The third-order valence-corrected chi connectivity index (χ3v) is 5.98. The molecule has 0 saturated heterocycles. The Morgan fingerprint density at radius 1 is 1.38 bits per heavy atom. The lowest BCUT2D eigenvalue weighted by Crippen LogP contribution is -2.31. The SMILES string of the molecule is CCSC1=C(C#N)[C@H](c2cccc(Cl)c2Cl)C2=C(CCCC2=O)N1. The number of hydrogen-bond donors (Lipinski definition) is 1. The molecule has 0 saturated carbocycles. The fourth-order valence-electron chi connectivity index (χ4n) is 3.24. The number of ketones is 1. The zero-order chi connectivity index (χ0) is 17.3. The molecule has 1 N–H and O–H groups in total. The molecule has 124 valence electrons. The summed E-state index contributed by atoms with van der Waals surface area (Å²) in [5.41, 5.74) is 2.85. The van der Waals surface area contributed by atoms with Crippen LogP contribution in [0.3, 0.4) is 0 Å². The smallest absolute Gasteiger partial charge is 0.161 e. The van der Waals surface area contributed by atoms with E-state index in [1.54, 1.807) is 23.9 Å². The molecule has 6 heteroatoms. The Morgan fingerprint density at radius 2 is 2.17 bits per heavy atom. The maximum atomic E-state index is 12.6. The van der Waals surface area contributed by atoms with E-state index in [0.717, 1.165) is 34.9 Å². The minimum atomic E-state index is -0.445. The number of hydrogen-bond acceptors (Lipinski definition) is 4. The second-order valence-electron chi connectivity index (χ2n) is 5.66. The van der Waals surface area contributed by atoms with Crippen molar-refractivity contribution >= 4 is 40.7 Å². The number of benzene rings is 1. The Labute approximate surface area is 155 Å². The number of carbonyl (C=O) groups excluding carboxylic acids is 1. The van der Waals surface area contributed by atoms with E-state index in [9.17, 15) is 10.1 Å². The first kappa shape index (κ1) is 17.4. The normalized spacial score (nSPS) is 20.6. The molecule has 0 radical (unpaired) electrons. The topological polar surface area (TPSA) is 52.9 Å². The number of nitrogens with one attached hydrogen (secondary N) is 1. The first-order valence-corrected chi connectivity index (χ1v) is 9.56. The number of nitriles is 1. The van der Waals surface area contributed by atoms with Gasteiger partial charge in [-0.15, -0.1) is 11.8 Å². The highest BCUT2D eigenvalue weighted by Crippen LogP contribution is 2.46. The Hall–Kier alpha value is -1.41. The van der Waals surface area contributed by atoms with Crippen molar-refractivity contribution in [2.45, 2.75) is 32.1 Å². The van der Waals surface area contributed by atoms with Crippen molar-refractivity contribution in [3.05, 3.63) is 55.7 Å². The quantitative estimate of drug-likeness (QED) is 0.787. The summed E-state index contributed by atoms with van der Waals surface area (Å²) in [6.45, 7) is 2.03. The van der Waals surface area contributed by atoms with Crippen molar-refractivity contribution in [3.63, 3.8) is 0 Å². The molecule has 2 aliphatic rings. The van der Waals surface area contributed by atoms with Crippen LogP contribution in [-0.4, -0.2) is 11.5 Å². The minimum Gasteiger partial charge on any atom is -0.352 e. The first-order valence-electron chi connectivity index (χ1n) is 7.82. The number of rotatable bonds is 3. The zero-order valence-corrected chi connectivity index (χ0v) is 15.5. The van der Waals surface area contributed by atoms with Gasteiger partial charge in [0.1, 0.15) is 0 Å². The molecule has 1 aliphatic carbocycles. The third-order valence-electron chi connectivity index (χ3n) is 4.24. The van der Waals surface area contributed by atoms with Crippen molar-refractivity contribution in [1.82, 2.24) is 5.32 Å². The summed E-state index contributed by atoms with van der Waals surface area (Å²) in [5.74, 6) is 0.470. The maximum Gasteiger partial charge on any atom is 0.161 e. The van der Waals surface area contributed by atoms with E-state index in [4.69, 9.17) is 23.2 Å². The molecular formula is C18H16Cl2N2OS. The van der Waals surface area contributed by atoms with Gasteiger partial charge in [-0.2, -0.15) is 5.26 Å². The average molecular weight is 379 g/mol. The standard InChI is InChI=1S/C18H16Cl2N2OS/c1-2-24-18-11(9-21)15(10-5-3-6-12(19)17(10)20)16-13(22-18)7-4-8-14(16)23/h3,5-6,15,22H,2,4,7-8H2,1H3/t15-/m0/s1. The van der Waals surface area contributed by atoms with Crippen LogP contribution < -0.4 is 5.32 Å². The summed E-state index contributed by atoms with van der Waals surface area (Å²) >= 11 is 14.2. The van der Waals surface area contributed by atoms with Gasteiger partial charge in [0.05, 0.1) is 32.6 Å². The highest BCUT2D eigenvalue weighted by atomic mass is 35.5. The summed E-state index contributed by atoms with van der Waals surface area (Å²) in [6.07, 6.45) is 2.14. The molecule has 24 heavy (non-hydrogen) atoms.